The molecule has 2 rings (SSSR count). The molecule has 1 aliphatic heterocycles. The van der Waals surface area contributed by atoms with Gasteiger partial charge in [0.2, 0.25) is 0 Å². The SMILES string of the molecule is O=c1cc(C(F)(F)F)ccn1CC1CCNC1. The Morgan fingerprint density at radius 1 is 1.47 bits per heavy atom. The lowest BCUT2D eigenvalue weighted by Crippen LogP contribution is -2.25. The topological polar surface area (TPSA) is 34.0 Å². The third kappa shape index (κ3) is 2.88. The average molecular weight is 246 g/mol. The van der Waals surface area contributed by atoms with Crippen molar-refractivity contribution in [3.63, 3.8) is 0 Å². The van der Waals surface area contributed by atoms with Gasteiger partial charge in [0.1, 0.15) is 0 Å². The van der Waals surface area contributed by atoms with E-state index in [2.05, 4.69) is 5.32 Å². The lowest BCUT2D eigenvalue weighted by molar-refractivity contribution is -0.137. The van der Waals surface area contributed by atoms with Crippen LogP contribution in [0.15, 0.2) is 23.1 Å². The van der Waals surface area contributed by atoms with E-state index in [-0.39, 0.29) is 0 Å². The molecule has 94 valence electrons. The first-order valence-corrected chi connectivity index (χ1v) is 5.45. The molecule has 1 aromatic rings. The number of hydrogen-bond donors (Lipinski definition) is 1. The monoisotopic (exact) mass is 246 g/mol. The predicted octanol–water partition coefficient (Wildman–Crippen LogP) is 1.48. The summed E-state index contributed by atoms with van der Waals surface area (Å²) in [7, 11) is 0. The molecule has 2 heterocycles. The Labute approximate surface area is 96.3 Å². The Balaban J connectivity index is 2.17. The Morgan fingerprint density at radius 3 is 2.76 bits per heavy atom. The summed E-state index contributed by atoms with van der Waals surface area (Å²) >= 11 is 0. The Hall–Kier alpha value is -1.30. The van der Waals surface area contributed by atoms with Crippen molar-refractivity contribution in [2.75, 3.05) is 13.1 Å². The van der Waals surface area contributed by atoms with E-state index in [1.807, 2.05) is 0 Å². The molecular formula is C11H13F3N2O. The smallest absolute Gasteiger partial charge is 0.316 e. The molecule has 0 saturated carbocycles. The molecule has 6 heteroatoms. The van der Waals surface area contributed by atoms with Crippen LogP contribution in [0.3, 0.4) is 0 Å². The van der Waals surface area contributed by atoms with Crippen LogP contribution in [0.25, 0.3) is 0 Å². The van der Waals surface area contributed by atoms with Crippen molar-refractivity contribution >= 4 is 0 Å². The van der Waals surface area contributed by atoms with Crippen molar-refractivity contribution in [1.82, 2.24) is 9.88 Å². The minimum Gasteiger partial charge on any atom is -0.316 e. The fourth-order valence-corrected chi connectivity index (χ4v) is 1.98. The first kappa shape index (κ1) is 12.2. The second-order valence-electron chi connectivity index (χ2n) is 4.26. The van der Waals surface area contributed by atoms with Crippen molar-refractivity contribution in [1.29, 1.82) is 0 Å². The molecule has 0 spiro atoms. The summed E-state index contributed by atoms with van der Waals surface area (Å²) in [6, 6.07) is 1.60. The Kier molecular flexibility index (Phi) is 3.24. The number of nitrogens with zero attached hydrogens (tertiary/aromatic N) is 1. The van der Waals surface area contributed by atoms with E-state index < -0.39 is 17.3 Å². The van der Waals surface area contributed by atoms with Gasteiger partial charge in [-0.1, -0.05) is 0 Å². The summed E-state index contributed by atoms with van der Waals surface area (Å²) in [5.74, 6) is 0.324. The van der Waals surface area contributed by atoms with E-state index in [9.17, 15) is 18.0 Å². The number of pyridine rings is 1. The molecule has 1 N–H and O–H groups in total. The molecule has 17 heavy (non-hydrogen) atoms. The molecule has 1 fully saturated rings. The zero-order valence-electron chi connectivity index (χ0n) is 9.13. The number of alkyl halides is 3. The molecule has 3 nitrogen and oxygen atoms in total. The number of hydrogen-bond acceptors (Lipinski definition) is 2. The summed E-state index contributed by atoms with van der Waals surface area (Å²) < 4.78 is 38.4. The molecule has 0 radical (unpaired) electrons. The van der Waals surface area contributed by atoms with Gasteiger partial charge in [0, 0.05) is 18.8 Å². The van der Waals surface area contributed by atoms with Crippen LogP contribution in [0.4, 0.5) is 13.2 Å². The zero-order chi connectivity index (χ0) is 12.5. The highest BCUT2D eigenvalue weighted by Gasteiger charge is 2.31. The highest BCUT2D eigenvalue weighted by molar-refractivity contribution is 5.14. The summed E-state index contributed by atoms with van der Waals surface area (Å²) in [4.78, 5) is 11.5. The Morgan fingerprint density at radius 2 is 2.24 bits per heavy atom. The normalized spacial score (nSPS) is 20.8. The van der Waals surface area contributed by atoms with Crippen LogP contribution in [0.2, 0.25) is 0 Å². The summed E-state index contributed by atoms with van der Waals surface area (Å²) in [5.41, 5.74) is -1.48. The highest BCUT2D eigenvalue weighted by Crippen LogP contribution is 2.27. The number of aromatic nitrogens is 1. The van der Waals surface area contributed by atoms with Gasteiger partial charge in [0.15, 0.2) is 0 Å². The fourth-order valence-electron chi connectivity index (χ4n) is 1.98. The number of rotatable bonds is 2. The quantitative estimate of drug-likeness (QED) is 0.857. The van der Waals surface area contributed by atoms with Crippen molar-refractivity contribution in [3.8, 4) is 0 Å². The Bertz CT molecular complexity index is 447. The maximum atomic E-state index is 12.3. The second-order valence-corrected chi connectivity index (χ2v) is 4.26. The summed E-state index contributed by atoms with van der Waals surface area (Å²) in [6.07, 6.45) is -2.27. The van der Waals surface area contributed by atoms with Crippen molar-refractivity contribution < 1.29 is 13.2 Å². The molecule has 1 unspecified atom stereocenters. The molecule has 0 amide bonds. The highest BCUT2D eigenvalue weighted by atomic mass is 19.4. The third-order valence-corrected chi connectivity index (χ3v) is 2.94. The third-order valence-electron chi connectivity index (χ3n) is 2.94. The van der Waals surface area contributed by atoms with E-state index in [0.717, 1.165) is 25.6 Å². The second kappa shape index (κ2) is 4.52. The predicted molar refractivity (Wildman–Crippen MR) is 56.7 cm³/mol. The van der Waals surface area contributed by atoms with Gasteiger partial charge in [-0.2, -0.15) is 13.2 Å². The van der Waals surface area contributed by atoms with Crippen LogP contribution >= 0.6 is 0 Å². The van der Waals surface area contributed by atoms with E-state index >= 15 is 0 Å². The maximum Gasteiger partial charge on any atom is 0.416 e. The standard InChI is InChI=1S/C11H13F3N2O/c12-11(13,14)9-2-4-16(10(17)5-9)7-8-1-3-15-6-8/h2,4-5,8,15H,1,3,6-7H2. The first-order valence-electron chi connectivity index (χ1n) is 5.45. The maximum absolute atomic E-state index is 12.3. The van der Waals surface area contributed by atoms with Gasteiger partial charge >= 0.3 is 6.18 Å². The molecule has 1 aliphatic rings. The largest absolute Gasteiger partial charge is 0.416 e. The van der Waals surface area contributed by atoms with E-state index in [0.29, 0.717) is 18.5 Å². The van der Waals surface area contributed by atoms with Gasteiger partial charge in [0.25, 0.3) is 5.56 Å². The summed E-state index contributed by atoms with van der Waals surface area (Å²) in [6.45, 7) is 2.19. The van der Waals surface area contributed by atoms with Crippen LogP contribution in [-0.2, 0) is 12.7 Å². The van der Waals surface area contributed by atoms with Gasteiger partial charge in [0.05, 0.1) is 5.56 Å². The minimum absolute atomic E-state index is 0.324. The molecular weight excluding hydrogens is 233 g/mol. The minimum atomic E-state index is -4.45. The molecule has 1 aromatic heterocycles. The van der Waals surface area contributed by atoms with Crippen LogP contribution < -0.4 is 10.9 Å². The van der Waals surface area contributed by atoms with Gasteiger partial charge in [-0.05, 0) is 31.5 Å². The lowest BCUT2D eigenvalue weighted by atomic mass is 10.1. The average Bonchev–Trinajstić information content (AvgIpc) is 2.72. The molecule has 1 atom stereocenters. The zero-order valence-corrected chi connectivity index (χ0v) is 9.13. The molecule has 0 aromatic carbocycles. The van der Waals surface area contributed by atoms with E-state index in [1.165, 1.54) is 10.8 Å². The molecule has 1 saturated heterocycles. The van der Waals surface area contributed by atoms with Gasteiger partial charge in [-0.3, -0.25) is 4.79 Å². The molecule has 0 aliphatic carbocycles. The summed E-state index contributed by atoms with van der Waals surface area (Å²) in [5, 5.41) is 3.15. The number of nitrogens with one attached hydrogen (secondary N) is 1. The first-order chi connectivity index (χ1) is 7.97. The van der Waals surface area contributed by atoms with Gasteiger partial charge in [-0.15, -0.1) is 0 Å². The fraction of sp³-hybridized carbons (Fsp3) is 0.545. The number of halogens is 3. The van der Waals surface area contributed by atoms with Crippen LogP contribution in [0.1, 0.15) is 12.0 Å². The van der Waals surface area contributed by atoms with Crippen molar-refractivity contribution in [2.45, 2.75) is 19.1 Å². The van der Waals surface area contributed by atoms with Crippen LogP contribution in [0, 0.1) is 5.92 Å². The van der Waals surface area contributed by atoms with Gasteiger partial charge in [-0.25, -0.2) is 0 Å². The molecule has 0 bridgehead atoms. The van der Waals surface area contributed by atoms with Crippen LogP contribution in [0.5, 0.6) is 0 Å². The van der Waals surface area contributed by atoms with E-state index in [4.69, 9.17) is 0 Å². The van der Waals surface area contributed by atoms with Gasteiger partial charge < -0.3 is 9.88 Å². The van der Waals surface area contributed by atoms with Crippen LogP contribution in [-0.4, -0.2) is 17.7 Å². The van der Waals surface area contributed by atoms with Crippen molar-refractivity contribution in [2.24, 2.45) is 5.92 Å². The lowest BCUT2D eigenvalue weighted by Gasteiger charge is -2.12. The van der Waals surface area contributed by atoms with E-state index in [1.54, 1.807) is 0 Å². The van der Waals surface area contributed by atoms with Crippen molar-refractivity contribution in [3.05, 3.63) is 34.2 Å².